The van der Waals surface area contributed by atoms with Crippen LogP contribution >= 0.6 is 22.9 Å². The zero-order valence-corrected chi connectivity index (χ0v) is 12.3. The van der Waals surface area contributed by atoms with E-state index in [1.807, 2.05) is 47.8 Å². The Balaban J connectivity index is 1.94. The molecule has 0 radical (unpaired) electrons. The number of amides is 1. The molecule has 1 aromatic heterocycles. The first-order valence-electron chi connectivity index (χ1n) is 6.34. The fourth-order valence-corrected chi connectivity index (χ4v) is 3.17. The van der Waals surface area contributed by atoms with Crippen LogP contribution in [0.2, 0.25) is 0 Å². The average Bonchev–Trinajstić information content (AvgIpc) is 3.16. The van der Waals surface area contributed by atoms with Crippen LogP contribution in [0.3, 0.4) is 0 Å². The lowest BCUT2D eigenvalue weighted by Gasteiger charge is -2.20. The number of hydrogen-bond donors (Lipinski definition) is 0. The largest absolute Gasteiger partial charge is 0.272 e. The van der Waals surface area contributed by atoms with E-state index in [0.29, 0.717) is 0 Å². The van der Waals surface area contributed by atoms with E-state index >= 15 is 0 Å². The number of halogens is 1. The lowest BCUT2D eigenvalue weighted by molar-refractivity contribution is -0.130. The Morgan fingerprint density at radius 3 is 2.75 bits per heavy atom. The van der Waals surface area contributed by atoms with Crippen molar-refractivity contribution in [1.82, 2.24) is 5.01 Å². The van der Waals surface area contributed by atoms with Gasteiger partial charge in [0.1, 0.15) is 5.88 Å². The first-order valence-corrected chi connectivity index (χ1v) is 7.75. The molecule has 0 saturated carbocycles. The van der Waals surface area contributed by atoms with Crippen LogP contribution < -0.4 is 0 Å². The topological polar surface area (TPSA) is 32.7 Å². The Labute approximate surface area is 126 Å². The van der Waals surface area contributed by atoms with Crippen LogP contribution in [0.25, 0.3) is 0 Å². The van der Waals surface area contributed by atoms with E-state index in [1.54, 1.807) is 11.3 Å². The molecule has 5 heteroatoms. The van der Waals surface area contributed by atoms with Crippen molar-refractivity contribution in [2.75, 3.05) is 5.88 Å². The molecule has 0 bridgehead atoms. The summed E-state index contributed by atoms with van der Waals surface area (Å²) in [7, 11) is 0. The number of carbonyl (C=O) groups excluding carboxylic acids is 1. The summed E-state index contributed by atoms with van der Waals surface area (Å²) in [6, 6.07) is 13.9. The first-order chi connectivity index (χ1) is 9.79. The minimum absolute atomic E-state index is 0.0510. The lowest BCUT2D eigenvalue weighted by atomic mass is 10.0. The molecule has 1 aromatic carbocycles. The highest BCUT2D eigenvalue weighted by Gasteiger charge is 2.32. The molecule has 102 valence electrons. The van der Waals surface area contributed by atoms with E-state index in [4.69, 9.17) is 11.6 Å². The van der Waals surface area contributed by atoms with Crippen molar-refractivity contribution in [3.05, 3.63) is 58.3 Å². The number of nitrogens with zero attached hydrogens (tertiary/aromatic N) is 2. The third kappa shape index (κ3) is 2.49. The summed E-state index contributed by atoms with van der Waals surface area (Å²) in [6.45, 7) is 0. The second-order valence-electron chi connectivity index (χ2n) is 4.53. The maximum absolute atomic E-state index is 12.0. The van der Waals surface area contributed by atoms with Crippen LogP contribution in [0.4, 0.5) is 0 Å². The molecule has 0 saturated heterocycles. The van der Waals surface area contributed by atoms with E-state index in [-0.39, 0.29) is 17.8 Å². The van der Waals surface area contributed by atoms with Crippen molar-refractivity contribution in [2.45, 2.75) is 12.5 Å². The van der Waals surface area contributed by atoms with Gasteiger partial charge in [-0.1, -0.05) is 36.4 Å². The number of carbonyl (C=O) groups is 1. The summed E-state index contributed by atoms with van der Waals surface area (Å²) < 4.78 is 0. The van der Waals surface area contributed by atoms with Gasteiger partial charge in [-0.05, 0) is 17.0 Å². The predicted molar refractivity (Wildman–Crippen MR) is 82.2 cm³/mol. The van der Waals surface area contributed by atoms with Gasteiger partial charge in [0.2, 0.25) is 0 Å². The summed E-state index contributed by atoms with van der Waals surface area (Å²) >= 11 is 7.34. The van der Waals surface area contributed by atoms with Gasteiger partial charge in [0.15, 0.2) is 0 Å². The van der Waals surface area contributed by atoms with Crippen LogP contribution in [-0.4, -0.2) is 22.5 Å². The highest BCUT2D eigenvalue weighted by atomic mass is 35.5. The minimum Gasteiger partial charge on any atom is -0.272 e. The van der Waals surface area contributed by atoms with Crippen LogP contribution in [-0.2, 0) is 4.79 Å². The molecule has 0 unspecified atom stereocenters. The molecular formula is C15H13ClN2OS. The molecule has 3 nitrogen and oxygen atoms in total. The number of benzene rings is 1. The molecule has 0 N–H and O–H groups in total. The second-order valence-corrected chi connectivity index (χ2v) is 5.74. The van der Waals surface area contributed by atoms with Crippen molar-refractivity contribution in [3.63, 3.8) is 0 Å². The van der Waals surface area contributed by atoms with Gasteiger partial charge in [-0.25, -0.2) is 5.01 Å². The van der Waals surface area contributed by atoms with Gasteiger partial charge in [0.05, 0.1) is 16.6 Å². The Morgan fingerprint density at radius 2 is 2.10 bits per heavy atom. The van der Waals surface area contributed by atoms with E-state index < -0.39 is 0 Å². The third-order valence-electron chi connectivity index (χ3n) is 3.27. The Hall–Kier alpha value is -1.65. The van der Waals surface area contributed by atoms with E-state index in [1.165, 1.54) is 5.01 Å². The summed E-state index contributed by atoms with van der Waals surface area (Å²) in [5.74, 6) is -0.211. The van der Waals surface area contributed by atoms with Crippen molar-refractivity contribution in [3.8, 4) is 0 Å². The molecule has 2 aromatic rings. The second kappa shape index (κ2) is 5.77. The van der Waals surface area contributed by atoms with Crippen molar-refractivity contribution in [1.29, 1.82) is 0 Å². The highest BCUT2D eigenvalue weighted by molar-refractivity contribution is 7.12. The summed E-state index contributed by atoms with van der Waals surface area (Å²) in [5.41, 5.74) is 2.04. The predicted octanol–water partition coefficient (Wildman–Crippen LogP) is 3.66. The Kier molecular flexibility index (Phi) is 3.85. The zero-order valence-electron chi connectivity index (χ0n) is 10.7. The number of alkyl halides is 1. The molecule has 1 aliphatic rings. The maximum Gasteiger partial charge on any atom is 0.258 e. The zero-order chi connectivity index (χ0) is 13.9. The quantitative estimate of drug-likeness (QED) is 0.796. The van der Waals surface area contributed by atoms with E-state index in [2.05, 4.69) is 5.10 Å². The molecule has 20 heavy (non-hydrogen) atoms. The SMILES string of the molecule is O=C(CCl)N1N=C(c2cccs2)C[C@@H]1c1ccccc1. The summed E-state index contributed by atoms with van der Waals surface area (Å²) in [6.07, 6.45) is 0.729. The molecule has 0 fully saturated rings. The standard InChI is InChI=1S/C15H13ClN2OS/c16-10-15(19)18-13(11-5-2-1-3-6-11)9-12(17-18)14-7-4-8-20-14/h1-8,13H,9-10H2/t13-/m1/s1. The molecule has 1 aliphatic heterocycles. The molecule has 1 atom stereocenters. The van der Waals surface area contributed by atoms with Gasteiger partial charge >= 0.3 is 0 Å². The van der Waals surface area contributed by atoms with E-state index in [0.717, 1.165) is 22.6 Å². The van der Waals surface area contributed by atoms with Gasteiger partial charge in [-0.3, -0.25) is 4.79 Å². The van der Waals surface area contributed by atoms with Crippen LogP contribution in [0.1, 0.15) is 22.9 Å². The van der Waals surface area contributed by atoms with Crippen molar-refractivity contribution >= 4 is 34.6 Å². The molecule has 1 amide bonds. The number of hydrazone groups is 1. The van der Waals surface area contributed by atoms with Gasteiger partial charge in [-0.15, -0.1) is 22.9 Å². The molecule has 0 aliphatic carbocycles. The van der Waals surface area contributed by atoms with Gasteiger partial charge in [0.25, 0.3) is 5.91 Å². The van der Waals surface area contributed by atoms with Gasteiger partial charge < -0.3 is 0 Å². The van der Waals surface area contributed by atoms with Crippen LogP contribution in [0.15, 0.2) is 52.9 Å². The van der Waals surface area contributed by atoms with Gasteiger partial charge in [-0.2, -0.15) is 5.10 Å². The summed E-state index contributed by atoms with van der Waals surface area (Å²) in [4.78, 5) is 13.1. The highest BCUT2D eigenvalue weighted by Crippen LogP contribution is 2.33. The molecular weight excluding hydrogens is 292 g/mol. The fraction of sp³-hybridized carbons (Fsp3) is 0.200. The number of thiophene rings is 1. The number of hydrogen-bond acceptors (Lipinski definition) is 3. The third-order valence-corrected chi connectivity index (χ3v) is 4.42. The smallest absolute Gasteiger partial charge is 0.258 e. The Morgan fingerprint density at radius 1 is 1.30 bits per heavy atom. The van der Waals surface area contributed by atoms with Crippen LogP contribution in [0, 0.1) is 0 Å². The van der Waals surface area contributed by atoms with E-state index in [9.17, 15) is 4.79 Å². The Bertz CT molecular complexity index is 625. The summed E-state index contributed by atoms with van der Waals surface area (Å²) in [5, 5.41) is 8.03. The lowest BCUT2D eigenvalue weighted by Crippen LogP contribution is -2.27. The van der Waals surface area contributed by atoms with Crippen LogP contribution in [0.5, 0.6) is 0 Å². The van der Waals surface area contributed by atoms with Crippen molar-refractivity contribution < 1.29 is 4.79 Å². The molecule has 3 rings (SSSR count). The molecule has 2 heterocycles. The maximum atomic E-state index is 12.0. The first kappa shape index (κ1) is 13.3. The van der Waals surface area contributed by atoms with Gasteiger partial charge in [0, 0.05) is 6.42 Å². The monoisotopic (exact) mass is 304 g/mol. The van der Waals surface area contributed by atoms with Crippen molar-refractivity contribution in [2.24, 2.45) is 5.10 Å². The minimum atomic E-state index is -0.160. The number of rotatable bonds is 3. The average molecular weight is 305 g/mol. The fourth-order valence-electron chi connectivity index (χ4n) is 2.33. The normalized spacial score (nSPS) is 18.1. The molecule has 0 spiro atoms.